The number of aromatic amines is 2. The molecule has 0 bridgehead atoms. The van der Waals surface area contributed by atoms with Gasteiger partial charge in [0.05, 0.1) is 17.1 Å². The fourth-order valence-electron chi connectivity index (χ4n) is 1.45. The van der Waals surface area contributed by atoms with Crippen LogP contribution in [0.15, 0.2) is 21.4 Å². The van der Waals surface area contributed by atoms with E-state index in [1.165, 1.54) is 0 Å². The van der Waals surface area contributed by atoms with Crippen molar-refractivity contribution in [2.24, 2.45) is 5.73 Å². The monoisotopic (exact) mass is 271 g/mol. The van der Waals surface area contributed by atoms with Crippen molar-refractivity contribution in [3.05, 3.63) is 32.7 Å². The van der Waals surface area contributed by atoms with Crippen molar-refractivity contribution >= 4 is 27.0 Å². The predicted molar refractivity (Wildman–Crippen MR) is 60.6 cm³/mol. The summed E-state index contributed by atoms with van der Waals surface area (Å²) < 4.78 is 0.723. The highest BCUT2D eigenvalue weighted by Crippen LogP contribution is 2.25. The predicted octanol–water partition coefficient (Wildman–Crippen LogP) is 0.611. The van der Waals surface area contributed by atoms with E-state index < -0.39 is 6.10 Å². The number of aliphatic hydroxyl groups is 1. The molecule has 1 aromatic carbocycles. The molecule has 0 saturated carbocycles. The summed E-state index contributed by atoms with van der Waals surface area (Å²) in [6, 6.07) is 3.44. The van der Waals surface area contributed by atoms with Crippen LogP contribution in [0.2, 0.25) is 0 Å². The quantitative estimate of drug-likeness (QED) is 0.645. The molecule has 0 fully saturated rings. The molecule has 2 aromatic rings. The molecule has 0 spiro atoms. The van der Waals surface area contributed by atoms with Crippen molar-refractivity contribution in [3.8, 4) is 0 Å². The molecule has 6 heteroatoms. The Hall–Kier alpha value is -1.11. The van der Waals surface area contributed by atoms with Crippen LogP contribution in [0.25, 0.3) is 11.0 Å². The Kier molecular flexibility index (Phi) is 2.64. The lowest BCUT2D eigenvalue weighted by Crippen LogP contribution is -2.11. The summed E-state index contributed by atoms with van der Waals surface area (Å²) in [6.07, 6.45) is -0.718. The molecule has 1 unspecified atom stereocenters. The summed E-state index contributed by atoms with van der Waals surface area (Å²) in [4.78, 5) is 16.3. The van der Waals surface area contributed by atoms with Crippen molar-refractivity contribution in [3.63, 3.8) is 0 Å². The van der Waals surface area contributed by atoms with Gasteiger partial charge in [-0.2, -0.15) is 0 Å². The third kappa shape index (κ3) is 1.83. The van der Waals surface area contributed by atoms with Gasteiger partial charge in [-0.15, -0.1) is 0 Å². The number of hydrogen-bond donors (Lipinski definition) is 4. The van der Waals surface area contributed by atoms with Crippen LogP contribution in [0.4, 0.5) is 0 Å². The minimum Gasteiger partial charge on any atom is -0.387 e. The van der Waals surface area contributed by atoms with Gasteiger partial charge in [-0.3, -0.25) is 0 Å². The van der Waals surface area contributed by atoms with Crippen molar-refractivity contribution in [1.29, 1.82) is 0 Å². The fourth-order valence-corrected chi connectivity index (χ4v) is 2.03. The van der Waals surface area contributed by atoms with Gasteiger partial charge >= 0.3 is 5.69 Å². The van der Waals surface area contributed by atoms with E-state index in [1.54, 1.807) is 12.1 Å². The van der Waals surface area contributed by atoms with Crippen LogP contribution in [-0.4, -0.2) is 21.6 Å². The number of imidazole rings is 1. The fraction of sp³-hybridized carbons (Fsp3) is 0.222. The lowest BCUT2D eigenvalue weighted by atomic mass is 10.1. The third-order valence-corrected chi connectivity index (χ3v) is 2.83. The van der Waals surface area contributed by atoms with Gasteiger partial charge in [0.25, 0.3) is 0 Å². The molecule has 0 aliphatic rings. The van der Waals surface area contributed by atoms with Gasteiger partial charge in [0.1, 0.15) is 0 Å². The molecule has 0 aliphatic carbocycles. The number of H-pyrrole nitrogens is 2. The van der Waals surface area contributed by atoms with Gasteiger partial charge in [0.2, 0.25) is 0 Å². The van der Waals surface area contributed by atoms with Crippen LogP contribution in [0.3, 0.4) is 0 Å². The molecular formula is C9H10BrN3O2. The Balaban J connectivity index is 2.66. The number of hydrogen-bond acceptors (Lipinski definition) is 3. The average molecular weight is 272 g/mol. The number of aromatic nitrogens is 2. The molecule has 15 heavy (non-hydrogen) atoms. The number of aliphatic hydroxyl groups excluding tert-OH is 1. The van der Waals surface area contributed by atoms with Gasteiger partial charge in [-0.05, 0) is 33.6 Å². The third-order valence-electron chi connectivity index (χ3n) is 2.21. The van der Waals surface area contributed by atoms with Crippen LogP contribution in [0.1, 0.15) is 11.7 Å². The molecule has 0 amide bonds. The van der Waals surface area contributed by atoms with E-state index in [2.05, 4.69) is 25.9 Å². The first-order valence-corrected chi connectivity index (χ1v) is 5.20. The Labute approximate surface area is 93.4 Å². The highest BCUT2D eigenvalue weighted by Gasteiger charge is 2.10. The van der Waals surface area contributed by atoms with Crippen LogP contribution in [0, 0.1) is 0 Å². The second-order valence-electron chi connectivity index (χ2n) is 3.26. The molecule has 1 atom stereocenters. The normalized spacial score (nSPS) is 13.3. The van der Waals surface area contributed by atoms with Crippen molar-refractivity contribution < 1.29 is 5.11 Å². The molecule has 0 saturated heterocycles. The van der Waals surface area contributed by atoms with E-state index >= 15 is 0 Å². The highest BCUT2D eigenvalue weighted by atomic mass is 79.9. The van der Waals surface area contributed by atoms with Crippen molar-refractivity contribution in [2.45, 2.75) is 6.10 Å². The molecule has 0 aliphatic heterocycles. The van der Waals surface area contributed by atoms with E-state index in [1.807, 2.05) is 0 Å². The molecule has 1 heterocycles. The number of fused-ring (bicyclic) bond motifs is 1. The van der Waals surface area contributed by atoms with Gasteiger partial charge < -0.3 is 20.8 Å². The first-order valence-electron chi connectivity index (χ1n) is 4.41. The topological polar surface area (TPSA) is 94.9 Å². The summed E-state index contributed by atoms with van der Waals surface area (Å²) in [5.74, 6) is 0. The zero-order chi connectivity index (χ0) is 11.0. The van der Waals surface area contributed by atoms with Crippen LogP contribution in [-0.2, 0) is 0 Å². The molecule has 5 N–H and O–H groups in total. The molecule has 0 radical (unpaired) electrons. The summed E-state index contributed by atoms with van der Waals surface area (Å²) >= 11 is 3.32. The number of benzene rings is 1. The minimum atomic E-state index is -0.718. The molecular weight excluding hydrogens is 262 g/mol. The lowest BCUT2D eigenvalue weighted by Gasteiger charge is -2.08. The van der Waals surface area contributed by atoms with Gasteiger partial charge in [-0.1, -0.05) is 0 Å². The molecule has 80 valence electrons. The summed E-state index contributed by atoms with van der Waals surface area (Å²) in [6.45, 7) is 0.145. The van der Waals surface area contributed by atoms with E-state index in [4.69, 9.17) is 5.73 Å². The van der Waals surface area contributed by atoms with Gasteiger partial charge in [0, 0.05) is 11.0 Å². The van der Waals surface area contributed by atoms with E-state index in [0.29, 0.717) is 16.6 Å². The van der Waals surface area contributed by atoms with Crippen LogP contribution < -0.4 is 11.4 Å². The number of rotatable bonds is 2. The smallest absolute Gasteiger partial charge is 0.323 e. The minimum absolute atomic E-state index is 0.145. The largest absolute Gasteiger partial charge is 0.387 e. The van der Waals surface area contributed by atoms with E-state index in [-0.39, 0.29) is 12.2 Å². The Morgan fingerprint density at radius 2 is 2.20 bits per heavy atom. The van der Waals surface area contributed by atoms with Crippen molar-refractivity contribution in [1.82, 2.24) is 9.97 Å². The maximum atomic E-state index is 11.1. The van der Waals surface area contributed by atoms with Gasteiger partial charge in [0.15, 0.2) is 0 Å². The second-order valence-corrected chi connectivity index (χ2v) is 4.11. The SMILES string of the molecule is NCC(O)c1cc(Br)c2[nH]c(=O)[nH]c2c1. The number of nitrogens with two attached hydrogens (primary N) is 1. The first-order chi connectivity index (χ1) is 7.11. The van der Waals surface area contributed by atoms with Gasteiger partial charge in [-0.25, -0.2) is 4.79 Å². The number of nitrogens with one attached hydrogen (secondary N) is 2. The summed E-state index contributed by atoms with van der Waals surface area (Å²) in [7, 11) is 0. The number of halogens is 1. The average Bonchev–Trinajstić information content (AvgIpc) is 2.58. The lowest BCUT2D eigenvalue weighted by molar-refractivity contribution is 0.187. The standard InChI is InChI=1S/C9H10BrN3O2/c10-5-1-4(7(14)3-11)2-6-8(5)13-9(15)12-6/h1-2,7,14H,3,11H2,(H2,12,13,15). The second kappa shape index (κ2) is 3.80. The zero-order valence-corrected chi connectivity index (χ0v) is 9.34. The molecule has 5 nitrogen and oxygen atoms in total. The zero-order valence-electron chi connectivity index (χ0n) is 7.75. The molecule has 1 aromatic heterocycles. The summed E-state index contributed by atoms with van der Waals surface area (Å²) in [5.41, 5.74) is 7.10. The van der Waals surface area contributed by atoms with Crippen LogP contribution in [0.5, 0.6) is 0 Å². The van der Waals surface area contributed by atoms with E-state index in [0.717, 1.165) is 4.47 Å². The Bertz CT molecular complexity index is 546. The van der Waals surface area contributed by atoms with Crippen molar-refractivity contribution in [2.75, 3.05) is 6.54 Å². The molecule has 2 rings (SSSR count). The maximum Gasteiger partial charge on any atom is 0.323 e. The first kappa shape index (κ1) is 10.4. The maximum absolute atomic E-state index is 11.1. The summed E-state index contributed by atoms with van der Waals surface area (Å²) in [5, 5.41) is 9.57. The Morgan fingerprint density at radius 1 is 1.47 bits per heavy atom. The van der Waals surface area contributed by atoms with E-state index in [9.17, 15) is 9.90 Å². The highest BCUT2D eigenvalue weighted by molar-refractivity contribution is 9.10. The van der Waals surface area contributed by atoms with Crippen LogP contribution >= 0.6 is 15.9 Å². The Morgan fingerprint density at radius 3 is 2.87 bits per heavy atom.